The zero-order valence-corrected chi connectivity index (χ0v) is 15.6. The fraction of sp³-hybridized carbons (Fsp3) is 0.188. The largest absolute Gasteiger partial charge is 0.573 e. The summed E-state index contributed by atoms with van der Waals surface area (Å²) in [5, 5.41) is 2.44. The second-order valence-corrected chi connectivity index (χ2v) is 8.01. The number of benzene rings is 2. The van der Waals surface area contributed by atoms with Gasteiger partial charge < -0.3 is 10.1 Å². The Hall–Kier alpha value is -2.30. The van der Waals surface area contributed by atoms with Gasteiger partial charge in [0.1, 0.15) is 5.75 Å². The van der Waals surface area contributed by atoms with Crippen LogP contribution in [-0.2, 0) is 10.0 Å². The van der Waals surface area contributed by atoms with E-state index in [0.29, 0.717) is 0 Å². The van der Waals surface area contributed by atoms with Gasteiger partial charge in [0.25, 0.3) is 5.91 Å². The third kappa shape index (κ3) is 5.34. The van der Waals surface area contributed by atoms with E-state index in [9.17, 15) is 26.4 Å². The highest BCUT2D eigenvalue weighted by Gasteiger charge is 2.31. The van der Waals surface area contributed by atoms with E-state index in [4.69, 9.17) is 11.6 Å². The molecule has 0 heterocycles. The summed E-state index contributed by atoms with van der Waals surface area (Å²) in [6.45, 7) is 0. The molecule has 2 aromatic carbocycles. The molecular formula is C16H14ClF3N2O4S. The van der Waals surface area contributed by atoms with E-state index in [1.165, 1.54) is 38.4 Å². The van der Waals surface area contributed by atoms with Crippen molar-refractivity contribution in [2.45, 2.75) is 11.3 Å². The molecule has 27 heavy (non-hydrogen) atoms. The number of halogens is 4. The molecule has 146 valence electrons. The number of nitrogens with zero attached hydrogens (tertiary/aromatic N) is 1. The lowest BCUT2D eigenvalue weighted by Crippen LogP contribution is -2.23. The monoisotopic (exact) mass is 422 g/mol. The van der Waals surface area contributed by atoms with E-state index >= 15 is 0 Å². The van der Waals surface area contributed by atoms with Crippen LogP contribution >= 0.6 is 11.6 Å². The molecule has 0 unspecified atom stereocenters. The molecule has 6 nitrogen and oxygen atoms in total. The number of ether oxygens (including phenoxy) is 1. The van der Waals surface area contributed by atoms with E-state index < -0.39 is 28.0 Å². The SMILES string of the molecule is CN(C)S(=O)(=O)c1ccc(Cl)c(C(=O)Nc2ccc(OC(F)(F)F)cc2)c1. The number of rotatable bonds is 5. The Bertz CT molecular complexity index is 945. The molecule has 0 saturated heterocycles. The van der Waals surface area contributed by atoms with Crippen LogP contribution in [0, 0.1) is 0 Å². The summed E-state index contributed by atoms with van der Waals surface area (Å²) in [5.41, 5.74) is 0.0710. The van der Waals surface area contributed by atoms with Crippen molar-refractivity contribution in [3.63, 3.8) is 0 Å². The van der Waals surface area contributed by atoms with E-state index in [2.05, 4.69) is 10.1 Å². The molecule has 2 aromatic rings. The molecule has 0 spiro atoms. The minimum Gasteiger partial charge on any atom is -0.406 e. The van der Waals surface area contributed by atoms with Crippen LogP contribution < -0.4 is 10.1 Å². The predicted molar refractivity (Wildman–Crippen MR) is 93.4 cm³/mol. The molecule has 1 N–H and O–H groups in total. The first-order chi connectivity index (χ1) is 12.4. The van der Waals surface area contributed by atoms with Crippen molar-refractivity contribution in [3.8, 4) is 5.75 Å². The smallest absolute Gasteiger partial charge is 0.406 e. The van der Waals surface area contributed by atoms with Gasteiger partial charge in [0.2, 0.25) is 10.0 Å². The molecule has 0 aliphatic heterocycles. The van der Waals surface area contributed by atoms with Crippen LogP contribution in [0.25, 0.3) is 0 Å². The maximum Gasteiger partial charge on any atom is 0.573 e. The Morgan fingerprint density at radius 1 is 1.11 bits per heavy atom. The van der Waals surface area contributed by atoms with E-state index in [1.807, 2.05) is 0 Å². The lowest BCUT2D eigenvalue weighted by Gasteiger charge is -2.13. The van der Waals surface area contributed by atoms with Crippen LogP contribution in [0.1, 0.15) is 10.4 Å². The molecule has 0 atom stereocenters. The average molecular weight is 423 g/mol. The fourth-order valence-electron chi connectivity index (χ4n) is 1.99. The molecule has 0 aliphatic carbocycles. The third-order valence-electron chi connectivity index (χ3n) is 3.31. The number of hydrogen-bond donors (Lipinski definition) is 1. The van der Waals surface area contributed by atoms with E-state index in [-0.39, 0.29) is 21.2 Å². The maximum absolute atomic E-state index is 12.4. The predicted octanol–water partition coefficient (Wildman–Crippen LogP) is 3.74. The van der Waals surface area contributed by atoms with Gasteiger partial charge in [-0.3, -0.25) is 4.79 Å². The van der Waals surface area contributed by atoms with E-state index in [1.54, 1.807) is 0 Å². The van der Waals surface area contributed by atoms with Crippen LogP contribution in [0.2, 0.25) is 5.02 Å². The highest BCUT2D eigenvalue weighted by atomic mass is 35.5. The number of nitrogens with one attached hydrogen (secondary N) is 1. The lowest BCUT2D eigenvalue weighted by atomic mass is 10.2. The first kappa shape index (κ1) is 21.0. The van der Waals surface area contributed by atoms with Gasteiger partial charge in [-0.05, 0) is 42.5 Å². The van der Waals surface area contributed by atoms with Crippen molar-refractivity contribution in [2.75, 3.05) is 19.4 Å². The van der Waals surface area contributed by atoms with Crippen LogP contribution in [-0.4, -0.2) is 39.1 Å². The number of alkyl halides is 3. The molecule has 0 fully saturated rings. The zero-order valence-electron chi connectivity index (χ0n) is 14.0. The molecule has 2 rings (SSSR count). The Kier molecular flexibility index (Phi) is 6.03. The summed E-state index contributed by atoms with van der Waals surface area (Å²) in [5.74, 6) is -1.17. The van der Waals surface area contributed by atoms with Crippen LogP contribution in [0.4, 0.5) is 18.9 Å². The molecule has 0 bridgehead atoms. The molecule has 0 radical (unpaired) electrons. The summed E-state index contributed by atoms with van der Waals surface area (Å²) < 4.78 is 65.5. The number of anilines is 1. The Morgan fingerprint density at radius 3 is 2.22 bits per heavy atom. The van der Waals surface area contributed by atoms with Gasteiger partial charge in [0, 0.05) is 19.8 Å². The Labute approximate surface area is 158 Å². The summed E-state index contributed by atoms with van der Waals surface area (Å²) in [4.78, 5) is 12.3. The van der Waals surface area contributed by atoms with Crippen molar-refractivity contribution in [3.05, 3.63) is 53.1 Å². The average Bonchev–Trinajstić information content (AvgIpc) is 2.55. The van der Waals surface area contributed by atoms with Gasteiger partial charge >= 0.3 is 6.36 Å². The molecule has 1 amide bonds. The molecule has 11 heteroatoms. The molecule has 0 aliphatic rings. The second kappa shape index (κ2) is 7.75. The molecule has 0 aromatic heterocycles. The highest BCUT2D eigenvalue weighted by Crippen LogP contribution is 2.26. The van der Waals surface area contributed by atoms with Crippen molar-refractivity contribution in [2.24, 2.45) is 0 Å². The summed E-state index contributed by atoms with van der Waals surface area (Å²) in [7, 11) is -1.09. The van der Waals surface area contributed by atoms with Crippen LogP contribution in [0.3, 0.4) is 0 Å². The topological polar surface area (TPSA) is 75.7 Å². The second-order valence-electron chi connectivity index (χ2n) is 5.46. The fourth-order valence-corrected chi connectivity index (χ4v) is 3.12. The van der Waals surface area contributed by atoms with Crippen molar-refractivity contribution >= 4 is 33.2 Å². The third-order valence-corrected chi connectivity index (χ3v) is 5.45. The number of carbonyl (C=O) groups is 1. The van der Waals surface area contributed by atoms with Gasteiger partial charge in [0.05, 0.1) is 15.5 Å². The van der Waals surface area contributed by atoms with E-state index in [0.717, 1.165) is 22.5 Å². The zero-order chi connectivity index (χ0) is 20.4. The highest BCUT2D eigenvalue weighted by molar-refractivity contribution is 7.89. The maximum atomic E-state index is 12.4. The number of hydrogen-bond acceptors (Lipinski definition) is 4. The number of sulfonamides is 1. The first-order valence-corrected chi connectivity index (χ1v) is 9.11. The van der Waals surface area contributed by atoms with Gasteiger partial charge in [-0.15, -0.1) is 13.2 Å². The summed E-state index contributed by atoms with van der Waals surface area (Å²) in [6.07, 6.45) is -4.82. The van der Waals surface area contributed by atoms with Gasteiger partial charge in [-0.1, -0.05) is 11.6 Å². The first-order valence-electron chi connectivity index (χ1n) is 7.29. The number of amides is 1. The van der Waals surface area contributed by atoms with Crippen molar-refractivity contribution in [1.82, 2.24) is 4.31 Å². The lowest BCUT2D eigenvalue weighted by molar-refractivity contribution is -0.274. The minimum absolute atomic E-state index is 0.0160. The summed E-state index contributed by atoms with van der Waals surface area (Å²) in [6, 6.07) is 8.11. The molecule has 0 saturated carbocycles. The standard InChI is InChI=1S/C16H14ClF3N2O4S/c1-22(2)27(24,25)12-7-8-14(17)13(9-12)15(23)21-10-3-5-11(6-4-10)26-16(18,19)20/h3-9H,1-2H3,(H,21,23). The van der Waals surface area contributed by atoms with Crippen LogP contribution in [0.5, 0.6) is 5.75 Å². The van der Waals surface area contributed by atoms with Gasteiger partial charge in [0.15, 0.2) is 0 Å². The Balaban J connectivity index is 2.23. The summed E-state index contributed by atoms with van der Waals surface area (Å²) >= 11 is 5.97. The normalized spacial score (nSPS) is 12.1. The quantitative estimate of drug-likeness (QED) is 0.796. The van der Waals surface area contributed by atoms with Crippen molar-refractivity contribution < 1.29 is 31.1 Å². The number of carbonyl (C=O) groups excluding carboxylic acids is 1. The van der Waals surface area contributed by atoms with Crippen LogP contribution in [0.15, 0.2) is 47.4 Å². The Morgan fingerprint density at radius 2 is 1.70 bits per heavy atom. The minimum atomic E-state index is -4.82. The van der Waals surface area contributed by atoms with Gasteiger partial charge in [-0.2, -0.15) is 0 Å². The van der Waals surface area contributed by atoms with Gasteiger partial charge in [-0.25, -0.2) is 12.7 Å². The van der Waals surface area contributed by atoms with Crippen molar-refractivity contribution in [1.29, 1.82) is 0 Å². The molecular weight excluding hydrogens is 409 g/mol.